The second-order valence-electron chi connectivity index (χ2n) is 6.07. The highest BCUT2D eigenvalue weighted by Crippen LogP contribution is 2.32. The average molecular weight is 402 g/mol. The number of methoxy groups -OCH3 is 1. The number of fused-ring (bicyclic) bond motifs is 1. The van der Waals surface area contributed by atoms with Crippen LogP contribution in [-0.4, -0.2) is 26.9 Å². The Labute approximate surface area is 155 Å². The number of alkyl halides is 5. The van der Waals surface area contributed by atoms with Crippen LogP contribution in [0.2, 0.25) is 0 Å². The van der Waals surface area contributed by atoms with Gasteiger partial charge in [0.1, 0.15) is 23.5 Å². The van der Waals surface area contributed by atoms with Crippen LogP contribution in [0, 0.1) is 0 Å². The number of rotatable bonds is 5. The van der Waals surface area contributed by atoms with Crippen molar-refractivity contribution in [3.63, 3.8) is 0 Å². The van der Waals surface area contributed by atoms with Gasteiger partial charge in [-0.1, -0.05) is 12.1 Å². The highest BCUT2D eigenvalue weighted by atomic mass is 19.4. The van der Waals surface area contributed by atoms with Crippen LogP contribution in [0.1, 0.15) is 42.0 Å². The minimum absolute atomic E-state index is 0.0605. The van der Waals surface area contributed by atoms with E-state index in [9.17, 15) is 26.7 Å². The molecule has 0 saturated carbocycles. The van der Waals surface area contributed by atoms with E-state index in [4.69, 9.17) is 4.74 Å². The first kappa shape index (κ1) is 19.9. The maximum atomic E-state index is 13.4. The predicted molar refractivity (Wildman–Crippen MR) is 89.1 cm³/mol. The molecule has 2 heterocycles. The van der Waals surface area contributed by atoms with E-state index < -0.39 is 35.5 Å². The Morgan fingerprint density at radius 2 is 1.86 bits per heavy atom. The summed E-state index contributed by atoms with van der Waals surface area (Å²) in [5.74, 6) is 0.113. The number of ether oxygens (including phenoxy) is 1. The summed E-state index contributed by atoms with van der Waals surface area (Å²) in [6.07, 6.45) is -7.52. The lowest BCUT2D eigenvalue weighted by molar-refractivity contribution is -0.137. The number of aromatic amines is 1. The minimum atomic E-state index is -4.49. The van der Waals surface area contributed by atoms with Crippen molar-refractivity contribution in [3.8, 4) is 0 Å². The highest BCUT2D eigenvalue weighted by Gasteiger charge is 2.31. The molecule has 0 spiro atoms. The van der Waals surface area contributed by atoms with Gasteiger partial charge in [0.15, 0.2) is 5.65 Å². The Morgan fingerprint density at radius 1 is 1.21 bits per heavy atom. The van der Waals surface area contributed by atoms with Crippen molar-refractivity contribution in [2.75, 3.05) is 7.11 Å². The molecule has 0 aliphatic rings. The molecule has 3 rings (SSSR count). The average Bonchev–Trinajstić information content (AvgIpc) is 3.01. The molecule has 0 saturated heterocycles. The zero-order valence-electron chi connectivity index (χ0n) is 14.7. The number of benzene rings is 1. The first-order chi connectivity index (χ1) is 13.1. The van der Waals surface area contributed by atoms with E-state index in [0.29, 0.717) is 5.56 Å². The molecule has 2 aromatic heterocycles. The topological polar surface area (TPSA) is 72.8 Å². The summed E-state index contributed by atoms with van der Waals surface area (Å²) >= 11 is 0. The fourth-order valence-corrected chi connectivity index (χ4v) is 2.84. The molecule has 0 aliphatic heterocycles. The van der Waals surface area contributed by atoms with E-state index >= 15 is 0 Å². The SMILES string of the molecule is COCc1nc2c(c(C(F)F)nn2C(C)c2ccc(C(F)(F)F)cc2)c(=O)[nH]1. The first-order valence-corrected chi connectivity index (χ1v) is 8.09. The van der Waals surface area contributed by atoms with Gasteiger partial charge in [0.05, 0.1) is 11.6 Å². The summed E-state index contributed by atoms with van der Waals surface area (Å²) in [6, 6.07) is 3.49. The van der Waals surface area contributed by atoms with Crippen LogP contribution in [0.4, 0.5) is 22.0 Å². The number of H-pyrrole nitrogens is 1. The molecule has 1 aromatic carbocycles. The summed E-state index contributed by atoms with van der Waals surface area (Å²) in [4.78, 5) is 18.8. The molecule has 150 valence electrons. The van der Waals surface area contributed by atoms with Crippen LogP contribution in [0.25, 0.3) is 11.0 Å². The van der Waals surface area contributed by atoms with E-state index in [0.717, 1.165) is 16.8 Å². The van der Waals surface area contributed by atoms with Gasteiger partial charge in [0.2, 0.25) is 0 Å². The summed E-state index contributed by atoms with van der Waals surface area (Å²) in [5.41, 5.74) is -2.09. The number of nitrogens with zero attached hydrogens (tertiary/aromatic N) is 3. The first-order valence-electron chi connectivity index (χ1n) is 8.09. The summed E-state index contributed by atoms with van der Waals surface area (Å²) in [7, 11) is 1.37. The third kappa shape index (κ3) is 3.61. The zero-order chi connectivity index (χ0) is 20.6. The Hall–Kier alpha value is -2.82. The molecule has 0 radical (unpaired) electrons. The van der Waals surface area contributed by atoms with Crippen LogP contribution in [-0.2, 0) is 17.5 Å². The largest absolute Gasteiger partial charge is 0.416 e. The van der Waals surface area contributed by atoms with Crippen molar-refractivity contribution in [3.05, 3.63) is 57.3 Å². The number of hydrogen-bond acceptors (Lipinski definition) is 4. The van der Waals surface area contributed by atoms with Crippen LogP contribution in [0.15, 0.2) is 29.1 Å². The molecule has 11 heteroatoms. The molecule has 3 aromatic rings. The van der Waals surface area contributed by atoms with Crippen LogP contribution in [0.5, 0.6) is 0 Å². The molecular formula is C17H15F5N4O2. The second-order valence-corrected chi connectivity index (χ2v) is 6.07. The summed E-state index contributed by atoms with van der Waals surface area (Å²) in [6.45, 7) is 1.50. The van der Waals surface area contributed by atoms with Crippen molar-refractivity contribution in [2.45, 2.75) is 32.2 Å². The van der Waals surface area contributed by atoms with Gasteiger partial charge in [-0.25, -0.2) is 18.4 Å². The van der Waals surface area contributed by atoms with E-state index in [2.05, 4.69) is 15.1 Å². The summed E-state index contributed by atoms with van der Waals surface area (Å²) in [5, 5.41) is 3.45. The quantitative estimate of drug-likeness (QED) is 0.659. The number of hydrogen-bond donors (Lipinski definition) is 1. The van der Waals surface area contributed by atoms with Gasteiger partial charge >= 0.3 is 6.18 Å². The van der Waals surface area contributed by atoms with Crippen LogP contribution < -0.4 is 5.56 Å². The molecule has 0 bridgehead atoms. The Bertz CT molecular complexity index is 1040. The van der Waals surface area contributed by atoms with E-state index in [-0.39, 0.29) is 23.5 Å². The zero-order valence-corrected chi connectivity index (χ0v) is 14.7. The monoisotopic (exact) mass is 402 g/mol. The van der Waals surface area contributed by atoms with Crippen molar-refractivity contribution in [2.24, 2.45) is 0 Å². The Morgan fingerprint density at radius 3 is 2.39 bits per heavy atom. The standard InChI is InChI=1S/C17H15F5N4O2/c1-8(9-3-5-10(6-4-9)17(20,21)22)26-15-12(13(25-26)14(18)19)16(27)24-11(23-15)7-28-2/h3-6,8,14H,7H2,1-2H3,(H,23,24,27). The van der Waals surface area contributed by atoms with Crippen LogP contribution >= 0.6 is 0 Å². The number of nitrogens with one attached hydrogen (secondary N) is 1. The van der Waals surface area contributed by atoms with Crippen molar-refractivity contribution in [1.29, 1.82) is 0 Å². The van der Waals surface area contributed by atoms with Gasteiger partial charge in [-0.3, -0.25) is 4.79 Å². The lowest BCUT2D eigenvalue weighted by Crippen LogP contribution is -2.15. The van der Waals surface area contributed by atoms with Gasteiger partial charge in [0.25, 0.3) is 12.0 Å². The predicted octanol–water partition coefficient (Wildman–Crippen LogP) is 3.83. The van der Waals surface area contributed by atoms with Crippen molar-refractivity contribution < 1.29 is 26.7 Å². The lowest BCUT2D eigenvalue weighted by Gasteiger charge is -2.15. The molecule has 0 amide bonds. The number of aromatic nitrogens is 4. The molecule has 1 atom stereocenters. The molecule has 1 N–H and O–H groups in total. The van der Waals surface area contributed by atoms with E-state index in [1.165, 1.54) is 19.2 Å². The molecular weight excluding hydrogens is 387 g/mol. The normalized spacial score (nSPS) is 13.4. The van der Waals surface area contributed by atoms with Crippen molar-refractivity contribution in [1.82, 2.24) is 19.7 Å². The fraction of sp³-hybridized carbons (Fsp3) is 0.353. The summed E-state index contributed by atoms with van der Waals surface area (Å²) < 4.78 is 71.0. The maximum absolute atomic E-state index is 13.4. The van der Waals surface area contributed by atoms with Gasteiger partial charge in [-0.15, -0.1) is 0 Å². The smallest absolute Gasteiger partial charge is 0.377 e. The van der Waals surface area contributed by atoms with Gasteiger partial charge in [0, 0.05) is 7.11 Å². The lowest BCUT2D eigenvalue weighted by atomic mass is 10.1. The number of halogens is 5. The van der Waals surface area contributed by atoms with Gasteiger partial charge in [-0.2, -0.15) is 18.3 Å². The van der Waals surface area contributed by atoms with E-state index in [1.807, 2.05) is 0 Å². The Balaban J connectivity index is 2.14. The van der Waals surface area contributed by atoms with Gasteiger partial charge < -0.3 is 9.72 Å². The highest BCUT2D eigenvalue weighted by molar-refractivity contribution is 5.77. The van der Waals surface area contributed by atoms with Crippen LogP contribution in [0.3, 0.4) is 0 Å². The van der Waals surface area contributed by atoms with E-state index in [1.54, 1.807) is 6.92 Å². The molecule has 1 unspecified atom stereocenters. The molecule has 28 heavy (non-hydrogen) atoms. The second kappa shape index (κ2) is 7.30. The fourth-order valence-electron chi connectivity index (χ4n) is 2.84. The minimum Gasteiger partial charge on any atom is -0.377 e. The van der Waals surface area contributed by atoms with Gasteiger partial charge in [-0.05, 0) is 24.6 Å². The molecule has 6 nitrogen and oxygen atoms in total. The third-order valence-corrected chi connectivity index (χ3v) is 4.21. The molecule has 0 aliphatic carbocycles. The Kier molecular flexibility index (Phi) is 5.20. The maximum Gasteiger partial charge on any atom is 0.416 e. The molecule has 0 fully saturated rings. The van der Waals surface area contributed by atoms with Crippen molar-refractivity contribution >= 4 is 11.0 Å². The third-order valence-electron chi connectivity index (χ3n) is 4.21.